The summed E-state index contributed by atoms with van der Waals surface area (Å²) >= 11 is 0. The molecule has 7 aromatic rings. The van der Waals surface area contributed by atoms with E-state index in [2.05, 4.69) is 65.8 Å². The van der Waals surface area contributed by atoms with E-state index in [0.717, 1.165) is 43.0 Å². The number of β-amino-alcohol motifs (C(OH)–C–C–N with tert-alkyl or cyclic N) is 1. The molecule has 80 heavy (non-hydrogen) atoms. The van der Waals surface area contributed by atoms with Crippen molar-refractivity contribution in [2.75, 3.05) is 47.3 Å². The molecule has 1 aliphatic heterocycles. The number of nitrogens with zero attached hydrogens (tertiary/aromatic N) is 13. The lowest BCUT2D eigenvalue weighted by atomic mass is 9.90. The van der Waals surface area contributed by atoms with E-state index in [1.54, 1.807) is 60.1 Å². The van der Waals surface area contributed by atoms with Crippen LogP contribution in [0.15, 0.2) is 116 Å². The first-order valence-electron chi connectivity index (χ1n) is 26.2. The minimum absolute atomic E-state index is 0.0232. The van der Waals surface area contributed by atoms with Crippen LogP contribution < -0.4 is 45.9 Å². The van der Waals surface area contributed by atoms with Gasteiger partial charge in [0.2, 0.25) is 5.95 Å². The average Bonchev–Trinajstić information content (AvgIpc) is 3.47. The summed E-state index contributed by atoms with van der Waals surface area (Å²) in [7, 11) is 2.99. The summed E-state index contributed by atoms with van der Waals surface area (Å²) in [4.78, 5) is 74.4. The number of nitrogens with one attached hydrogen (secondary N) is 3. The predicted molar refractivity (Wildman–Crippen MR) is 291 cm³/mol. The molecule has 2 aliphatic carbocycles. The van der Waals surface area contributed by atoms with Gasteiger partial charge in [0.15, 0.2) is 11.6 Å². The Bertz CT molecular complexity index is 3110. The van der Waals surface area contributed by atoms with E-state index in [-0.39, 0.29) is 73.1 Å². The summed E-state index contributed by atoms with van der Waals surface area (Å²) in [5.74, 6) is 0.699. The number of aromatic nitrogens is 10. The first kappa shape index (κ1) is 56.0. The number of aliphatic hydroxyl groups is 1. The van der Waals surface area contributed by atoms with Gasteiger partial charge in [-0.05, 0) is 69.4 Å². The number of carbonyl (C=O) groups is 2. The maximum absolute atomic E-state index is 13.7. The lowest BCUT2D eigenvalue weighted by Gasteiger charge is -2.45. The fourth-order valence-corrected chi connectivity index (χ4v) is 9.76. The van der Waals surface area contributed by atoms with E-state index >= 15 is 0 Å². The number of ether oxygens (including phenoxy) is 2. The third-order valence-electron chi connectivity index (χ3n) is 13.9. The molecule has 3 aliphatic rings. The van der Waals surface area contributed by atoms with Crippen LogP contribution in [0.2, 0.25) is 0 Å². The maximum Gasteiger partial charge on any atom is 0.421 e. The summed E-state index contributed by atoms with van der Waals surface area (Å²) in [6, 6.07) is 19.2. The molecule has 5 aromatic heterocycles. The third kappa shape index (κ3) is 14.3. The minimum Gasteiger partial charge on any atom is -0.467 e. The fraction of sp³-hybridized carbons (Fsp3) is 0.382. The number of nitrogens with two attached hydrogens (primary N) is 1. The zero-order valence-corrected chi connectivity index (χ0v) is 44.4. The number of alkyl halides is 3. The highest BCUT2D eigenvalue weighted by molar-refractivity contribution is 5.92. The molecule has 0 atom stereocenters. The predicted octanol–water partition coefficient (Wildman–Crippen LogP) is 7.39. The molecule has 0 bridgehead atoms. The molecular formula is C55H62F3N17O5. The second-order valence-corrected chi connectivity index (χ2v) is 20.0. The van der Waals surface area contributed by atoms with E-state index in [1.807, 2.05) is 60.7 Å². The summed E-state index contributed by atoms with van der Waals surface area (Å²) in [5.41, 5.74) is 8.53. The molecule has 0 radical (unpaired) electrons. The van der Waals surface area contributed by atoms with Crippen molar-refractivity contribution < 1.29 is 37.3 Å². The average molecular weight is 1100 g/mol. The van der Waals surface area contributed by atoms with Gasteiger partial charge in [0.1, 0.15) is 11.4 Å². The molecule has 1 saturated heterocycles. The molecule has 2 saturated carbocycles. The lowest BCUT2D eigenvalue weighted by Crippen LogP contribution is -2.60. The summed E-state index contributed by atoms with van der Waals surface area (Å²) in [5, 5.41) is 19.3. The van der Waals surface area contributed by atoms with E-state index in [0.29, 0.717) is 72.9 Å². The number of amides is 4. The van der Waals surface area contributed by atoms with Gasteiger partial charge >= 0.3 is 30.3 Å². The maximum atomic E-state index is 13.7. The summed E-state index contributed by atoms with van der Waals surface area (Å²) in [6.45, 7) is 2.41. The van der Waals surface area contributed by atoms with Gasteiger partial charge in [0, 0.05) is 92.5 Å². The van der Waals surface area contributed by atoms with Crippen molar-refractivity contribution >= 4 is 35.5 Å². The standard InChI is InChI=1S/C32H35F3N10O3.C23H27N7O2/c1-31(47)18-44(19-31)27-24(32(33,34)35)15-38-28(43-27)42-22-8-10-23(11-9-22)45(30(46)41-12-20-6-4-3-5-7-20)26-17-36-25(16-37-26)21-13-39-29(48-2)40-14-21;1-32-22-27-12-17(13-28-22)20-14-26-21(15-25-20)30(19-9-7-18(24)8-10-19)23(31)29-11-16-5-3-2-4-6-16/h3-7,13-17,22-23,47H,8-12,18-19H2,1-2H3,(H,41,46)(H,38,42,43);2-6,12-15,18-19H,7-11,24H2,1H3,(H,29,31). The van der Waals surface area contributed by atoms with E-state index in [1.165, 1.54) is 25.3 Å². The van der Waals surface area contributed by atoms with Crippen LogP contribution in [0.4, 0.5) is 46.2 Å². The van der Waals surface area contributed by atoms with Gasteiger partial charge in [-0.15, -0.1) is 0 Å². The largest absolute Gasteiger partial charge is 0.467 e. The number of hydrogen-bond donors (Lipinski definition) is 5. The number of rotatable bonds is 15. The number of carbonyl (C=O) groups excluding carboxylic acids is 2. The van der Waals surface area contributed by atoms with Gasteiger partial charge in [-0.3, -0.25) is 19.8 Å². The second-order valence-electron chi connectivity index (χ2n) is 20.0. The van der Waals surface area contributed by atoms with Gasteiger partial charge in [-0.25, -0.2) is 44.5 Å². The van der Waals surface area contributed by atoms with Gasteiger partial charge in [0.25, 0.3) is 0 Å². The van der Waals surface area contributed by atoms with E-state index in [4.69, 9.17) is 15.2 Å². The third-order valence-corrected chi connectivity index (χ3v) is 13.9. The van der Waals surface area contributed by atoms with E-state index < -0.39 is 17.3 Å². The Kier molecular flexibility index (Phi) is 17.8. The van der Waals surface area contributed by atoms with E-state index in [9.17, 15) is 27.9 Å². The van der Waals surface area contributed by atoms with Crippen molar-refractivity contribution in [3.8, 4) is 34.5 Å². The Labute approximate surface area is 459 Å². The Balaban J connectivity index is 0.000000210. The van der Waals surface area contributed by atoms with Gasteiger partial charge in [-0.2, -0.15) is 18.2 Å². The zero-order valence-electron chi connectivity index (χ0n) is 44.4. The van der Waals surface area contributed by atoms with Crippen molar-refractivity contribution in [2.45, 2.75) is 107 Å². The second kappa shape index (κ2) is 25.4. The quantitative estimate of drug-likeness (QED) is 0.0669. The van der Waals surface area contributed by atoms with Crippen molar-refractivity contribution in [3.05, 3.63) is 133 Å². The highest BCUT2D eigenvalue weighted by Crippen LogP contribution is 2.39. The molecular weight excluding hydrogens is 1040 g/mol. The number of anilines is 4. The molecule has 22 nitrogen and oxygen atoms in total. The molecule has 6 N–H and O–H groups in total. The minimum atomic E-state index is -4.64. The van der Waals surface area contributed by atoms with Crippen LogP contribution in [-0.2, 0) is 19.3 Å². The molecule has 2 aromatic carbocycles. The Morgan fingerprint density at radius 2 is 1.09 bits per heavy atom. The number of urea groups is 2. The fourth-order valence-electron chi connectivity index (χ4n) is 9.76. The van der Waals surface area contributed by atoms with Crippen LogP contribution in [0.3, 0.4) is 0 Å². The van der Waals surface area contributed by atoms with Crippen LogP contribution in [-0.4, -0.2) is 124 Å². The monoisotopic (exact) mass is 1100 g/mol. The molecule has 418 valence electrons. The topological polar surface area (TPSA) is 274 Å². The Morgan fingerprint density at radius 1 is 0.637 bits per heavy atom. The first-order chi connectivity index (χ1) is 38.6. The highest BCUT2D eigenvalue weighted by Gasteiger charge is 2.44. The summed E-state index contributed by atoms with van der Waals surface area (Å²) in [6.07, 6.45) is 14.7. The summed E-state index contributed by atoms with van der Waals surface area (Å²) < 4.78 is 51.2. The number of methoxy groups -OCH3 is 2. The Morgan fingerprint density at radius 3 is 1.49 bits per heavy atom. The van der Waals surface area contributed by atoms with Crippen molar-refractivity contribution in [1.82, 2.24) is 60.5 Å². The molecule has 10 rings (SSSR count). The van der Waals surface area contributed by atoms with Crippen molar-refractivity contribution in [3.63, 3.8) is 0 Å². The van der Waals surface area contributed by atoms with Crippen LogP contribution in [0.25, 0.3) is 22.5 Å². The normalized spacial score (nSPS) is 18.5. The van der Waals surface area contributed by atoms with Crippen molar-refractivity contribution in [2.24, 2.45) is 5.73 Å². The van der Waals surface area contributed by atoms with Gasteiger partial charge in [0.05, 0.1) is 56.0 Å². The molecule has 0 spiro atoms. The van der Waals surface area contributed by atoms with Crippen molar-refractivity contribution in [1.29, 1.82) is 0 Å². The number of hydrogen-bond acceptors (Lipinski definition) is 18. The molecule has 25 heteroatoms. The SMILES string of the molecule is COc1ncc(-c2cnc(N(C(=O)NCc3ccccc3)C3CCC(N)CC3)cn2)cn1.COc1ncc(-c2cnc(N(C(=O)NCc3ccccc3)C3CCC(Nc4ncc(C(F)(F)F)c(N5CC(C)(O)C5)n4)CC3)cn2)cn1. The van der Waals surface area contributed by atoms with Crippen LogP contribution in [0, 0.1) is 0 Å². The van der Waals surface area contributed by atoms with Crippen LogP contribution in [0.1, 0.15) is 75.0 Å². The van der Waals surface area contributed by atoms with Gasteiger partial charge < -0.3 is 41.2 Å². The Hall–Kier alpha value is -8.71. The van der Waals surface area contributed by atoms with Crippen LogP contribution >= 0.6 is 0 Å². The highest BCUT2D eigenvalue weighted by atomic mass is 19.4. The molecule has 3 fully saturated rings. The first-order valence-corrected chi connectivity index (χ1v) is 26.2. The number of halogens is 3. The molecule has 0 unspecified atom stereocenters. The lowest BCUT2D eigenvalue weighted by molar-refractivity contribution is -0.137. The molecule has 4 amide bonds. The van der Waals surface area contributed by atoms with Gasteiger partial charge in [-0.1, -0.05) is 60.7 Å². The molecule has 6 heterocycles. The smallest absolute Gasteiger partial charge is 0.421 e. The van der Waals surface area contributed by atoms with Crippen LogP contribution in [0.5, 0.6) is 12.0 Å². The number of benzene rings is 2. The zero-order chi connectivity index (χ0) is 56.2.